The topological polar surface area (TPSA) is 67.1 Å². The molecule has 0 heterocycles. The number of carbonyl (C=O) groups is 1. The lowest BCUT2D eigenvalue weighted by Gasteiger charge is -2.14. The van der Waals surface area contributed by atoms with E-state index in [2.05, 4.69) is 26.8 Å². The molecule has 0 spiro atoms. The van der Waals surface area contributed by atoms with Gasteiger partial charge < -0.3 is 5.73 Å². The number of amides is 1. The van der Waals surface area contributed by atoms with Crippen molar-refractivity contribution in [2.24, 2.45) is 5.73 Å². The van der Waals surface area contributed by atoms with Crippen LogP contribution in [0.15, 0.2) is 22.7 Å². The van der Waals surface area contributed by atoms with Crippen LogP contribution in [0.1, 0.15) is 23.6 Å². The molecule has 1 aromatic rings. The number of nitrogens with one attached hydrogen (secondary N) is 2. The first-order chi connectivity index (χ1) is 7.54. The summed E-state index contributed by atoms with van der Waals surface area (Å²) in [4.78, 5) is 11.4. The Balaban J connectivity index is 2.76. The van der Waals surface area contributed by atoms with Crippen LogP contribution >= 0.6 is 15.9 Å². The Morgan fingerprint density at radius 2 is 2.25 bits per heavy atom. The van der Waals surface area contributed by atoms with E-state index in [1.54, 1.807) is 7.05 Å². The highest BCUT2D eigenvalue weighted by molar-refractivity contribution is 9.10. The second-order valence-corrected chi connectivity index (χ2v) is 4.53. The third-order valence-corrected chi connectivity index (χ3v) is 2.80. The summed E-state index contributed by atoms with van der Waals surface area (Å²) < 4.78 is 0.970. The van der Waals surface area contributed by atoms with Gasteiger partial charge in [-0.25, -0.2) is 5.43 Å². The van der Waals surface area contributed by atoms with E-state index in [0.717, 1.165) is 15.6 Å². The van der Waals surface area contributed by atoms with Gasteiger partial charge in [0.1, 0.15) is 0 Å². The fourth-order valence-corrected chi connectivity index (χ4v) is 1.89. The lowest BCUT2D eigenvalue weighted by atomic mass is 9.99. The summed E-state index contributed by atoms with van der Waals surface area (Å²) in [5.41, 5.74) is 13.1. The number of hydrogen-bond acceptors (Lipinski definition) is 3. The fourth-order valence-electron chi connectivity index (χ4n) is 1.51. The Morgan fingerprint density at radius 3 is 2.88 bits per heavy atom. The maximum absolute atomic E-state index is 11.4. The van der Waals surface area contributed by atoms with Gasteiger partial charge in [0, 0.05) is 24.0 Å². The lowest BCUT2D eigenvalue weighted by molar-refractivity contribution is -0.122. The molecule has 1 rings (SSSR count). The number of halogens is 1. The van der Waals surface area contributed by atoms with Gasteiger partial charge in [-0.1, -0.05) is 22.0 Å². The summed E-state index contributed by atoms with van der Waals surface area (Å²) in [6, 6.07) is 5.60. The van der Waals surface area contributed by atoms with Crippen LogP contribution < -0.4 is 16.6 Å². The molecule has 0 saturated carbocycles. The molecule has 1 atom stereocenters. The molecule has 1 unspecified atom stereocenters. The molecular weight excluding hydrogens is 270 g/mol. The van der Waals surface area contributed by atoms with Gasteiger partial charge in [-0.15, -0.1) is 0 Å². The van der Waals surface area contributed by atoms with Crippen LogP contribution in [-0.2, 0) is 4.79 Å². The summed E-state index contributed by atoms with van der Waals surface area (Å²) in [5, 5.41) is 0. The minimum Gasteiger partial charge on any atom is -0.324 e. The number of nitrogens with two attached hydrogens (primary N) is 1. The molecule has 88 valence electrons. The quantitative estimate of drug-likeness (QED) is 0.733. The van der Waals surface area contributed by atoms with Crippen molar-refractivity contribution in [2.75, 3.05) is 7.05 Å². The van der Waals surface area contributed by atoms with E-state index in [9.17, 15) is 4.79 Å². The van der Waals surface area contributed by atoms with Gasteiger partial charge in [-0.3, -0.25) is 10.2 Å². The summed E-state index contributed by atoms with van der Waals surface area (Å²) >= 11 is 3.39. The molecular formula is C11H16BrN3O. The SMILES string of the molecule is CNNC(=O)CC(N)c1cc(Br)ccc1C. The van der Waals surface area contributed by atoms with Gasteiger partial charge in [-0.05, 0) is 30.2 Å². The highest BCUT2D eigenvalue weighted by Crippen LogP contribution is 2.22. The first kappa shape index (κ1) is 13.2. The molecule has 0 saturated heterocycles. The smallest absolute Gasteiger partial charge is 0.235 e. The number of carbonyl (C=O) groups excluding carboxylic acids is 1. The molecule has 1 aromatic carbocycles. The average molecular weight is 286 g/mol. The molecule has 0 aliphatic carbocycles. The van der Waals surface area contributed by atoms with Gasteiger partial charge in [0.25, 0.3) is 0 Å². The van der Waals surface area contributed by atoms with Gasteiger partial charge in [-0.2, -0.15) is 0 Å². The van der Waals surface area contributed by atoms with Crippen molar-refractivity contribution in [1.82, 2.24) is 10.9 Å². The van der Waals surface area contributed by atoms with Crippen LogP contribution in [0, 0.1) is 6.92 Å². The standard InChI is InChI=1S/C11H16BrN3O/c1-7-3-4-8(12)5-9(7)10(13)6-11(16)15-14-2/h3-5,10,14H,6,13H2,1-2H3,(H,15,16). The fraction of sp³-hybridized carbons (Fsp3) is 0.364. The second-order valence-electron chi connectivity index (χ2n) is 3.61. The normalized spacial score (nSPS) is 12.2. The van der Waals surface area contributed by atoms with E-state index >= 15 is 0 Å². The van der Waals surface area contributed by atoms with Crippen molar-refractivity contribution < 1.29 is 4.79 Å². The lowest BCUT2D eigenvalue weighted by Crippen LogP contribution is -2.36. The average Bonchev–Trinajstić information content (AvgIpc) is 2.21. The molecule has 0 aromatic heterocycles. The van der Waals surface area contributed by atoms with Crippen molar-refractivity contribution in [1.29, 1.82) is 0 Å². The first-order valence-corrected chi connectivity index (χ1v) is 5.81. The van der Waals surface area contributed by atoms with E-state index in [1.165, 1.54) is 0 Å². The molecule has 0 bridgehead atoms. The Hall–Kier alpha value is -0.910. The first-order valence-electron chi connectivity index (χ1n) is 5.01. The van der Waals surface area contributed by atoms with Crippen molar-refractivity contribution in [3.63, 3.8) is 0 Å². The van der Waals surface area contributed by atoms with E-state index in [1.807, 2.05) is 25.1 Å². The Morgan fingerprint density at radius 1 is 1.56 bits per heavy atom. The maximum atomic E-state index is 11.4. The Labute approximate surface area is 104 Å². The molecule has 0 aliphatic heterocycles. The second kappa shape index (κ2) is 5.98. The maximum Gasteiger partial charge on any atom is 0.235 e. The van der Waals surface area contributed by atoms with Crippen LogP contribution in [0.4, 0.5) is 0 Å². The van der Waals surface area contributed by atoms with E-state index in [4.69, 9.17) is 5.73 Å². The van der Waals surface area contributed by atoms with Gasteiger partial charge in [0.05, 0.1) is 0 Å². The van der Waals surface area contributed by atoms with Gasteiger partial charge >= 0.3 is 0 Å². The van der Waals surface area contributed by atoms with Crippen LogP contribution in [0.5, 0.6) is 0 Å². The van der Waals surface area contributed by atoms with Crippen molar-refractivity contribution in [3.05, 3.63) is 33.8 Å². The zero-order chi connectivity index (χ0) is 12.1. The summed E-state index contributed by atoms with van der Waals surface area (Å²) in [7, 11) is 1.65. The third-order valence-electron chi connectivity index (χ3n) is 2.31. The largest absolute Gasteiger partial charge is 0.324 e. The molecule has 4 N–H and O–H groups in total. The number of benzene rings is 1. The minimum atomic E-state index is -0.286. The number of aryl methyl sites for hydroxylation is 1. The monoisotopic (exact) mass is 285 g/mol. The van der Waals surface area contributed by atoms with Crippen molar-refractivity contribution in [3.8, 4) is 0 Å². The zero-order valence-corrected chi connectivity index (χ0v) is 11.0. The van der Waals surface area contributed by atoms with E-state index in [0.29, 0.717) is 0 Å². The Kier molecular flexibility index (Phi) is 4.92. The summed E-state index contributed by atoms with van der Waals surface area (Å²) in [6.45, 7) is 1.98. The number of rotatable bonds is 4. The number of hydrazine groups is 1. The van der Waals surface area contributed by atoms with Crippen molar-refractivity contribution >= 4 is 21.8 Å². The predicted molar refractivity (Wildman–Crippen MR) is 67.6 cm³/mol. The number of hydrogen-bond donors (Lipinski definition) is 3. The van der Waals surface area contributed by atoms with Crippen LogP contribution in [0.25, 0.3) is 0 Å². The molecule has 1 amide bonds. The molecule has 0 aliphatic rings. The minimum absolute atomic E-state index is 0.116. The third kappa shape index (κ3) is 3.59. The highest BCUT2D eigenvalue weighted by Gasteiger charge is 2.13. The van der Waals surface area contributed by atoms with E-state index < -0.39 is 0 Å². The van der Waals surface area contributed by atoms with Crippen molar-refractivity contribution in [2.45, 2.75) is 19.4 Å². The van der Waals surface area contributed by atoms with Crippen LogP contribution in [0.2, 0.25) is 0 Å². The molecule has 0 radical (unpaired) electrons. The van der Waals surface area contributed by atoms with Gasteiger partial charge in [0.2, 0.25) is 5.91 Å². The Bertz CT molecular complexity index is 381. The van der Waals surface area contributed by atoms with E-state index in [-0.39, 0.29) is 18.4 Å². The van der Waals surface area contributed by atoms with Gasteiger partial charge in [0.15, 0.2) is 0 Å². The molecule has 0 fully saturated rings. The predicted octanol–water partition coefficient (Wildman–Crippen LogP) is 1.40. The molecule has 4 nitrogen and oxygen atoms in total. The van der Waals surface area contributed by atoms with Crippen LogP contribution in [0.3, 0.4) is 0 Å². The summed E-state index contributed by atoms with van der Waals surface area (Å²) in [6.07, 6.45) is 0.262. The molecule has 16 heavy (non-hydrogen) atoms. The molecule has 5 heteroatoms. The highest BCUT2D eigenvalue weighted by atomic mass is 79.9. The summed E-state index contributed by atoms with van der Waals surface area (Å²) in [5.74, 6) is -0.116. The van der Waals surface area contributed by atoms with Crippen LogP contribution in [-0.4, -0.2) is 13.0 Å². The zero-order valence-electron chi connectivity index (χ0n) is 9.38.